The minimum Gasteiger partial charge on any atom is -0.399 e. The summed E-state index contributed by atoms with van der Waals surface area (Å²) in [4.78, 5) is 25.2. The fraction of sp³-hybridized carbons (Fsp3) is 0.467. The fourth-order valence-electron chi connectivity index (χ4n) is 2.67. The van der Waals surface area contributed by atoms with Gasteiger partial charge in [-0.3, -0.25) is 4.79 Å². The summed E-state index contributed by atoms with van der Waals surface area (Å²) in [5.74, 6) is 0.0794. The average Bonchev–Trinajstić information content (AvgIpc) is 2.47. The van der Waals surface area contributed by atoms with E-state index in [9.17, 15) is 9.59 Å². The summed E-state index contributed by atoms with van der Waals surface area (Å²) >= 11 is 0. The van der Waals surface area contributed by atoms with Crippen LogP contribution in [0.25, 0.3) is 0 Å². The molecule has 2 rings (SSSR count). The number of urea groups is 1. The van der Waals surface area contributed by atoms with E-state index >= 15 is 0 Å². The Balaban J connectivity index is 1.97. The summed E-state index contributed by atoms with van der Waals surface area (Å²) in [6.45, 7) is 1.15. The summed E-state index contributed by atoms with van der Waals surface area (Å²) in [6, 6.07) is 6.82. The van der Waals surface area contributed by atoms with Gasteiger partial charge in [-0.25, -0.2) is 4.79 Å². The highest BCUT2D eigenvalue weighted by Gasteiger charge is 2.26. The molecule has 0 radical (unpaired) electrons. The van der Waals surface area contributed by atoms with Crippen LogP contribution in [0, 0.1) is 0 Å². The number of primary amides is 1. The molecular formula is C15H22N4O2. The number of carbonyl (C=O) groups excluding carboxylic acids is 2. The van der Waals surface area contributed by atoms with Crippen LogP contribution < -0.4 is 16.8 Å². The quantitative estimate of drug-likeness (QED) is 0.717. The minimum absolute atomic E-state index is 0.0348. The lowest BCUT2D eigenvalue weighted by atomic mass is 10.0. The van der Waals surface area contributed by atoms with E-state index in [0.717, 1.165) is 31.4 Å². The molecule has 1 heterocycles. The number of likely N-dealkylation sites (tertiary alicyclic amines) is 1. The van der Waals surface area contributed by atoms with E-state index in [1.807, 2.05) is 17.0 Å². The molecule has 0 aromatic heterocycles. The predicted octanol–water partition coefficient (Wildman–Crippen LogP) is 0.861. The Hall–Kier alpha value is -2.24. The number of nitrogens with two attached hydrogens (primary N) is 2. The first-order valence-electron chi connectivity index (χ1n) is 7.23. The van der Waals surface area contributed by atoms with Crippen molar-refractivity contribution in [3.8, 4) is 0 Å². The van der Waals surface area contributed by atoms with Gasteiger partial charge in [0.15, 0.2) is 0 Å². The molecule has 1 aliphatic rings. The molecule has 1 aromatic rings. The lowest BCUT2D eigenvalue weighted by molar-refractivity contribution is -0.134. The maximum Gasteiger partial charge on any atom is 0.312 e. The van der Waals surface area contributed by atoms with E-state index in [0.29, 0.717) is 18.7 Å². The van der Waals surface area contributed by atoms with Crippen LogP contribution in [0.3, 0.4) is 0 Å². The van der Waals surface area contributed by atoms with E-state index in [1.165, 1.54) is 0 Å². The third-order valence-electron chi connectivity index (χ3n) is 3.79. The van der Waals surface area contributed by atoms with Crippen LogP contribution >= 0.6 is 0 Å². The Labute approximate surface area is 124 Å². The van der Waals surface area contributed by atoms with Crippen molar-refractivity contribution in [3.63, 3.8) is 0 Å². The van der Waals surface area contributed by atoms with Crippen LogP contribution in [0.4, 0.5) is 10.5 Å². The Bertz CT molecular complexity index is 501. The number of carbonyl (C=O) groups is 2. The van der Waals surface area contributed by atoms with Crippen molar-refractivity contribution in [1.29, 1.82) is 0 Å². The SMILES string of the molecule is NC(=O)NCC1CCCCN1C(=O)Cc1ccc(N)cc1. The standard InChI is InChI=1S/C15H22N4O2/c16-12-6-4-11(5-7-12)9-14(20)19-8-2-1-3-13(19)10-18-15(17)21/h4-7,13H,1-3,8-10,16H2,(H3,17,18,21). The molecule has 1 unspecified atom stereocenters. The molecule has 5 N–H and O–H groups in total. The van der Waals surface area contributed by atoms with Gasteiger partial charge in [-0.2, -0.15) is 0 Å². The Kier molecular flexibility index (Phi) is 5.03. The third kappa shape index (κ3) is 4.37. The summed E-state index contributed by atoms with van der Waals surface area (Å²) in [5, 5.41) is 2.60. The average molecular weight is 290 g/mol. The minimum atomic E-state index is -0.550. The summed E-state index contributed by atoms with van der Waals surface area (Å²) in [5.41, 5.74) is 12.4. The zero-order valence-corrected chi connectivity index (χ0v) is 12.0. The van der Waals surface area contributed by atoms with E-state index in [4.69, 9.17) is 11.5 Å². The van der Waals surface area contributed by atoms with Gasteiger partial charge in [0.25, 0.3) is 0 Å². The van der Waals surface area contributed by atoms with Crippen LogP contribution in [0.5, 0.6) is 0 Å². The number of amides is 3. The van der Waals surface area contributed by atoms with Crippen LogP contribution in [0.1, 0.15) is 24.8 Å². The fourth-order valence-corrected chi connectivity index (χ4v) is 2.67. The van der Waals surface area contributed by atoms with Gasteiger partial charge < -0.3 is 21.7 Å². The van der Waals surface area contributed by atoms with Crippen LogP contribution in [0.15, 0.2) is 24.3 Å². The lowest BCUT2D eigenvalue weighted by Gasteiger charge is -2.36. The number of nitrogens with one attached hydrogen (secondary N) is 1. The normalized spacial score (nSPS) is 18.3. The maximum atomic E-state index is 12.5. The van der Waals surface area contributed by atoms with Gasteiger partial charge in [0, 0.05) is 24.8 Å². The van der Waals surface area contributed by atoms with Gasteiger partial charge >= 0.3 is 6.03 Å². The molecule has 0 aliphatic carbocycles. The van der Waals surface area contributed by atoms with E-state index < -0.39 is 6.03 Å². The second-order valence-corrected chi connectivity index (χ2v) is 5.40. The monoisotopic (exact) mass is 290 g/mol. The van der Waals surface area contributed by atoms with Gasteiger partial charge in [-0.1, -0.05) is 12.1 Å². The van der Waals surface area contributed by atoms with Crippen LogP contribution in [0.2, 0.25) is 0 Å². The Morgan fingerprint density at radius 1 is 1.24 bits per heavy atom. The van der Waals surface area contributed by atoms with Crippen molar-refractivity contribution >= 4 is 17.6 Å². The smallest absolute Gasteiger partial charge is 0.312 e. The van der Waals surface area contributed by atoms with Crippen molar-refractivity contribution in [2.45, 2.75) is 31.7 Å². The van der Waals surface area contributed by atoms with Crippen molar-refractivity contribution in [2.75, 3.05) is 18.8 Å². The number of nitrogen functional groups attached to an aromatic ring is 1. The third-order valence-corrected chi connectivity index (χ3v) is 3.79. The number of rotatable bonds is 4. The van der Waals surface area contributed by atoms with Crippen LogP contribution in [-0.4, -0.2) is 36.0 Å². The topological polar surface area (TPSA) is 101 Å². The van der Waals surface area contributed by atoms with Crippen molar-refractivity contribution < 1.29 is 9.59 Å². The number of nitrogens with zero attached hydrogens (tertiary/aromatic N) is 1. The van der Waals surface area contributed by atoms with E-state index in [2.05, 4.69) is 5.32 Å². The van der Waals surface area contributed by atoms with Gasteiger partial charge in [0.1, 0.15) is 0 Å². The van der Waals surface area contributed by atoms with Crippen molar-refractivity contribution in [1.82, 2.24) is 10.2 Å². The summed E-state index contributed by atoms with van der Waals surface area (Å²) < 4.78 is 0. The molecule has 3 amide bonds. The molecule has 21 heavy (non-hydrogen) atoms. The van der Waals surface area contributed by atoms with Crippen molar-refractivity contribution in [2.24, 2.45) is 5.73 Å². The number of hydrogen-bond donors (Lipinski definition) is 3. The first-order chi connectivity index (χ1) is 10.1. The molecular weight excluding hydrogens is 268 g/mol. The number of anilines is 1. The van der Waals surface area contributed by atoms with Gasteiger partial charge in [-0.05, 0) is 37.0 Å². The molecule has 114 valence electrons. The second kappa shape index (κ2) is 6.97. The molecule has 1 saturated heterocycles. The highest BCUT2D eigenvalue weighted by atomic mass is 16.2. The van der Waals surface area contributed by atoms with Gasteiger partial charge in [-0.15, -0.1) is 0 Å². The predicted molar refractivity (Wildman–Crippen MR) is 81.5 cm³/mol. The molecule has 1 fully saturated rings. The molecule has 0 bridgehead atoms. The Morgan fingerprint density at radius 2 is 1.95 bits per heavy atom. The van der Waals surface area contributed by atoms with E-state index in [-0.39, 0.29) is 11.9 Å². The Morgan fingerprint density at radius 3 is 2.62 bits per heavy atom. The van der Waals surface area contributed by atoms with Crippen molar-refractivity contribution in [3.05, 3.63) is 29.8 Å². The lowest BCUT2D eigenvalue weighted by Crippen LogP contribution is -2.50. The zero-order chi connectivity index (χ0) is 15.2. The largest absolute Gasteiger partial charge is 0.399 e. The second-order valence-electron chi connectivity index (χ2n) is 5.40. The first-order valence-corrected chi connectivity index (χ1v) is 7.23. The van der Waals surface area contributed by atoms with Crippen LogP contribution in [-0.2, 0) is 11.2 Å². The summed E-state index contributed by atoms with van der Waals surface area (Å²) in [6.07, 6.45) is 3.32. The molecule has 0 spiro atoms. The maximum absolute atomic E-state index is 12.5. The number of hydrogen-bond acceptors (Lipinski definition) is 3. The van der Waals surface area contributed by atoms with E-state index in [1.54, 1.807) is 12.1 Å². The molecule has 1 aliphatic heterocycles. The summed E-state index contributed by atoms with van der Waals surface area (Å²) in [7, 11) is 0. The molecule has 1 aromatic carbocycles. The number of benzene rings is 1. The van der Waals surface area contributed by atoms with Gasteiger partial charge in [0.2, 0.25) is 5.91 Å². The molecule has 1 atom stereocenters. The molecule has 0 saturated carbocycles. The number of piperidine rings is 1. The zero-order valence-electron chi connectivity index (χ0n) is 12.0. The first kappa shape index (κ1) is 15.2. The molecule has 6 nitrogen and oxygen atoms in total. The molecule has 6 heteroatoms. The highest BCUT2D eigenvalue weighted by Crippen LogP contribution is 2.18. The van der Waals surface area contributed by atoms with Gasteiger partial charge in [0.05, 0.1) is 6.42 Å². The highest BCUT2D eigenvalue weighted by molar-refractivity contribution is 5.79.